The number of ether oxygens (including phenoxy) is 1. The summed E-state index contributed by atoms with van der Waals surface area (Å²) < 4.78 is 6.78. The molecule has 3 aromatic rings. The van der Waals surface area contributed by atoms with Gasteiger partial charge in [0, 0.05) is 41.3 Å². The van der Waals surface area contributed by atoms with Crippen LogP contribution in [0.3, 0.4) is 0 Å². The number of thiazole rings is 1. The number of carboxylic acid groups (broad SMARTS) is 1. The number of carbonyl (C=O) groups is 1. The molecule has 0 bridgehead atoms. The Balaban J connectivity index is 1.85. The molecule has 1 aliphatic heterocycles. The van der Waals surface area contributed by atoms with E-state index in [1.165, 1.54) is 17.4 Å². The van der Waals surface area contributed by atoms with E-state index in [4.69, 9.17) is 4.74 Å². The second kappa shape index (κ2) is 12.3. The Hall–Kier alpha value is -3.88. The number of rotatable bonds is 11. The lowest BCUT2D eigenvalue weighted by Crippen LogP contribution is -2.23. The number of anilines is 1. The number of benzene rings is 2. The first-order valence-electron chi connectivity index (χ1n) is 12.6. The number of unbranched alkanes of at least 4 members (excludes halogenated alkanes) is 1. The van der Waals surface area contributed by atoms with Crippen LogP contribution in [-0.2, 0) is 0 Å². The van der Waals surface area contributed by atoms with Crippen molar-refractivity contribution in [2.24, 2.45) is 0 Å². The van der Waals surface area contributed by atoms with Gasteiger partial charge < -0.3 is 14.7 Å². The smallest absolute Gasteiger partial charge is 0.335 e. The highest BCUT2D eigenvalue weighted by molar-refractivity contribution is 8.08. The van der Waals surface area contributed by atoms with E-state index in [0.717, 1.165) is 29.1 Å². The fourth-order valence-corrected chi connectivity index (χ4v) is 6.52. The van der Waals surface area contributed by atoms with Gasteiger partial charge in [-0.25, -0.2) is 9.78 Å². The summed E-state index contributed by atoms with van der Waals surface area (Å²) in [5.74, 6) is 0.367. The molecule has 4 rings (SSSR count). The first-order valence-corrected chi connectivity index (χ1v) is 14.4. The molecular formula is C28H28N4O5S2. The number of allylic oxidation sites excluding steroid dienone is 1. The highest BCUT2D eigenvalue weighted by atomic mass is 32.2. The molecule has 1 aliphatic rings. The van der Waals surface area contributed by atoms with Gasteiger partial charge in [0.2, 0.25) is 0 Å². The van der Waals surface area contributed by atoms with E-state index in [2.05, 4.69) is 18.0 Å². The largest absolute Gasteiger partial charge is 0.488 e. The molecule has 0 spiro atoms. The third kappa shape index (κ3) is 5.92. The number of nitro benzene ring substituents is 1. The van der Waals surface area contributed by atoms with Gasteiger partial charge in [0.25, 0.3) is 5.69 Å². The predicted molar refractivity (Wildman–Crippen MR) is 157 cm³/mol. The van der Waals surface area contributed by atoms with Crippen LogP contribution in [0, 0.1) is 21.4 Å². The van der Waals surface area contributed by atoms with Gasteiger partial charge in [0.1, 0.15) is 29.1 Å². The van der Waals surface area contributed by atoms with Gasteiger partial charge >= 0.3 is 5.97 Å². The fourth-order valence-electron chi connectivity index (χ4n) is 4.30. The monoisotopic (exact) mass is 564 g/mol. The zero-order valence-electron chi connectivity index (χ0n) is 21.9. The van der Waals surface area contributed by atoms with Crippen molar-refractivity contribution in [3.63, 3.8) is 0 Å². The summed E-state index contributed by atoms with van der Waals surface area (Å²) in [6.07, 6.45) is 3.70. The lowest BCUT2D eigenvalue weighted by atomic mass is 10.0. The summed E-state index contributed by atoms with van der Waals surface area (Å²) in [7, 11) is 0. The molecule has 0 fully saturated rings. The van der Waals surface area contributed by atoms with E-state index >= 15 is 0 Å². The van der Waals surface area contributed by atoms with Gasteiger partial charge in [-0.2, -0.15) is 5.26 Å². The molecular weight excluding hydrogens is 536 g/mol. The molecule has 0 aliphatic carbocycles. The zero-order valence-corrected chi connectivity index (χ0v) is 23.5. The Morgan fingerprint density at radius 3 is 2.72 bits per heavy atom. The van der Waals surface area contributed by atoms with Crippen molar-refractivity contribution in [2.75, 3.05) is 30.3 Å². The Morgan fingerprint density at radius 2 is 2.08 bits per heavy atom. The van der Waals surface area contributed by atoms with E-state index < -0.39 is 5.97 Å². The summed E-state index contributed by atoms with van der Waals surface area (Å²) in [6.45, 7) is 7.47. The molecule has 9 nitrogen and oxygen atoms in total. The van der Waals surface area contributed by atoms with Crippen LogP contribution in [-0.4, -0.2) is 46.4 Å². The maximum absolute atomic E-state index is 12.1. The first-order chi connectivity index (χ1) is 18.8. The van der Waals surface area contributed by atoms with Crippen molar-refractivity contribution in [2.45, 2.75) is 33.6 Å². The molecule has 11 heteroatoms. The van der Waals surface area contributed by atoms with Crippen LogP contribution in [0.4, 0.5) is 11.4 Å². The number of thioether (sulfide) groups is 1. The van der Waals surface area contributed by atoms with E-state index in [1.54, 1.807) is 42.1 Å². The van der Waals surface area contributed by atoms with Crippen molar-refractivity contribution in [1.29, 1.82) is 5.26 Å². The van der Waals surface area contributed by atoms with Gasteiger partial charge in [0.15, 0.2) is 0 Å². The summed E-state index contributed by atoms with van der Waals surface area (Å²) >= 11 is 2.85. The highest BCUT2D eigenvalue weighted by Gasteiger charge is 2.28. The summed E-state index contributed by atoms with van der Waals surface area (Å²) in [5, 5.41) is 31.9. The average Bonchev–Trinajstić information content (AvgIpc) is 3.36. The van der Waals surface area contributed by atoms with E-state index in [-0.39, 0.29) is 22.8 Å². The number of aromatic nitrogens is 1. The van der Waals surface area contributed by atoms with Crippen LogP contribution in [0.1, 0.15) is 54.5 Å². The topological polar surface area (TPSA) is 130 Å². The Kier molecular flexibility index (Phi) is 8.89. The van der Waals surface area contributed by atoms with Crippen molar-refractivity contribution in [3.05, 3.63) is 68.2 Å². The Bertz CT molecular complexity index is 1530. The van der Waals surface area contributed by atoms with Crippen LogP contribution in [0.2, 0.25) is 0 Å². The van der Waals surface area contributed by atoms with Gasteiger partial charge in [-0.05, 0) is 50.3 Å². The third-order valence-electron chi connectivity index (χ3n) is 6.35. The van der Waals surface area contributed by atoms with Gasteiger partial charge in [-0.1, -0.05) is 13.3 Å². The number of nitro groups is 1. The van der Waals surface area contributed by atoms with Crippen LogP contribution < -0.4 is 9.64 Å². The molecule has 2 aromatic carbocycles. The lowest BCUT2D eigenvalue weighted by Gasteiger charge is -2.26. The molecule has 1 aromatic heterocycles. The molecule has 2 heterocycles. The van der Waals surface area contributed by atoms with E-state index in [1.807, 2.05) is 18.7 Å². The van der Waals surface area contributed by atoms with Gasteiger partial charge in [-0.15, -0.1) is 23.1 Å². The fraction of sp³-hybridized carbons (Fsp3) is 0.321. The summed E-state index contributed by atoms with van der Waals surface area (Å²) in [5.41, 5.74) is 3.00. The number of nitriles is 1. The molecule has 39 heavy (non-hydrogen) atoms. The maximum Gasteiger partial charge on any atom is 0.335 e. The number of hydrogen-bond donors (Lipinski definition) is 1. The number of carboxylic acids is 1. The van der Waals surface area contributed by atoms with Crippen LogP contribution >= 0.6 is 23.1 Å². The van der Waals surface area contributed by atoms with Crippen LogP contribution in [0.5, 0.6) is 5.75 Å². The number of aromatic carboxylic acids is 1. The summed E-state index contributed by atoms with van der Waals surface area (Å²) in [4.78, 5) is 30.4. The zero-order chi connectivity index (χ0) is 28.1. The third-order valence-corrected chi connectivity index (χ3v) is 8.66. The lowest BCUT2D eigenvalue weighted by molar-refractivity contribution is -0.384. The molecule has 0 saturated carbocycles. The normalized spacial score (nSPS) is 13.1. The minimum Gasteiger partial charge on any atom is -0.488 e. The Labute approximate surface area is 234 Å². The Morgan fingerprint density at radius 1 is 1.31 bits per heavy atom. The molecule has 0 amide bonds. The highest BCUT2D eigenvalue weighted by Crippen LogP contribution is 2.46. The van der Waals surface area contributed by atoms with Crippen molar-refractivity contribution < 1.29 is 19.6 Å². The van der Waals surface area contributed by atoms with Crippen molar-refractivity contribution in [1.82, 2.24) is 4.98 Å². The number of nitrogens with zero attached hydrogens (tertiary/aromatic N) is 4. The van der Waals surface area contributed by atoms with Crippen LogP contribution in [0.25, 0.3) is 20.7 Å². The minimum atomic E-state index is -1.03. The molecule has 1 N–H and O–H groups in total. The van der Waals surface area contributed by atoms with Crippen molar-refractivity contribution in [3.8, 4) is 11.8 Å². The van der Waals surface area contributed by atoms with Crippen molar-refractivity contribution >= 4 is 61.1 Å². The molecule has 202 valence electrons. The molecule has 0 radical (unpaired) electrons. The molecule has 0 atom stereocenters. The summed E-state index contributed by atoms with van der Waals surface area (Å²) in [6, 6.07) is 10.2. The van der Waals surface area contributed by atoms with Gasteiger partial charge in [0.05, 0.1) is 26.3 Å². The second-order valence-electron chi connectivity index (χ2n) is 8.79. The van der Waals surface area contributed by atoms with E-state index in [9.17, 15) is 25.3 Å². The standard InChI is InChI=1S/C28H28N4O5S2/c1-4-7-10-38-26-19(11-18(15-29)27-30-21-9-8-17(28(33)34)12-25(21)39-27)16-37-24-14-22(31(5-2)6-3)23(32(35)36)13-20(24)26/h8-9,11-14H,4-7,10,16H2,1-3H3,(H,33,34)/b18-11+. The molecule has 0 saturated heterocycles. The predicted octanol–water partition coefficient (Wildman–Crippen LogP) is 6.99. The minimum absolute atomic E-state index is 0.0146. The first kappa shape index (κ1) is 28.1. The maximum atomic E-state index is 12.1. The van der Waals surface area contributed by atoms with E-state index in [0.29, 0.717) is 50.9 Å². The average molecular weight is 565 g/mol. The van der Waals surface area contributed by atoms with Gasteiger partial charge in [-0.3, -0.25) is 10.1 Å². The van der Waals surface area contributed by atoms with Crippen LogP contribution in [0.15, 0.2) is 42.0 Å². The second-order valence-corrected chi connectivity index (χ2v) is 10.9. The number of hydrogen-bond acceptors (Lipinski definition) is 9. The molecule has 0 unspecified atom stereocenters. The SMILES string of the molecule is CCCCSC1=C(/C=C(\C#N)c2nc3ccc(C(=O)O)cc3s2)COc2cc(N(CC)CC)c([N+](=O)[O-])cc21. The number of fused-ring (bicyclic) bond motifs is 2. The quantitative estimate of drug-likeness (QED) is 0.113.